The van der Waals surface area contributed by atoms with Crippen LogP contribution in [0.2, 0.25) is 0 Å². The van der Waals surface area contributed by atoms with Gasteiger partial charge < -0.3 is 14.4 Å². The van der Waals surface area contributed by atoms with Crippen molar-refractivity contribution in [3.05, 3.63) is 53.5 Å². The molecule has 0 saturated carbocycles. The van der Waals surface area contributed by atoms with Gasteiger partial charge in [-0.2, -0.15) is 0 Å². The standard InChI is InChI=1S/C13H12FNO3/c1-15(8-9-4-2-3-5-10(9)14)12-7-6-11(18-12)13(16)17/h2-7H,8H2,1H3,(H,16,17). The van der Waals surface area contributed by atoms with E-state index in [-0.39, 0.29) is 11.6 Å². The van der Waals surface area contributed by atoms with Crippen molar-refractivity contribution in [2.75, 3.05) is 11.9 Å². The van der Waals surface area contributed by atoms with Gasteiger partial charge in [0.05, 0.1) is 0 Å². The maximum absolute atomic E-state index is 13.4. The third-order valence-electron chi connectivity index (χ3n) is 2.54. The van der Waals surface area contributed by atoms with Crippen LogP contribution in [0.4, 0.5) is 10.3 Å². The summed E-state index contributed by atoms with van der Waals surface area (Å²) >= 11 is 0. The molecule has 1 aromatic heterocycles. The van der Waals surface area contributed by atoms with Crippen LogP contribution in [0.15, 0.2) is 40.8 Å². The van der Waals surface area contributed by atoms with Crippen molar-refractivity contribution >= 4 is 11.9 Å². The second-order valence-corrected chi connectivity index (χ2v) is 3.89. The minimum Gasteiger partial charge on any atom is -0.475 e. The zero-order valence-corrected chi connectivity index (χ0v) is 9.76. The lowest BCUT2D eigenvalue weighted by Crippen LogP contribution is -2.16. The van der Waals surface area contributed by atoms with Crippen molar-refractivity contribution < 1.29 is 18.7 Å². The smallest absolute Gasteiger partial charge is 0.371 e. The van der Waals surface area contributed by atoms with E-state index in [2.05, 4.69) is 0 Å². The van der Waals surface area contributed by atoms with Crippen LogP contribution in [0.3, 0.4) is 0 Å². The Hall–Kier alpha value is -2.30. The van der Waals surface area contributed by atoms with Crippen LogP contribution < -0.4 is 4.90 Å². The Kier molecular flexibility index (Phi) is 3.32. The van der Waals surface area contributed by atoms with Gasteiger partial charge in [-0.3, -0.25) is 0 Å². The number of hydrogen-bond donors (Lipinski definition) is 1. The number of benzene rings is 1. The van der Waals surface area contributed by atoms with Crippen LogP contribution >= 0.6 is 0 Å². The largest absolute Gasteiger partial charge is 0.475 e. The summed E-state index contributed by atoms with van der Waals surface area (Å²) < 4.78 is 18.6. The van der Waals surface area contributed by atoms with Crippen LogP contribution in [0.25, 0.3) is 0 Å². The normalized spacial score (nSPS) is 10.3. The van der Waals surface area contributed by atoms with Crippen LogP contribution in [-0.4, -0.2) is 18.1 Å². The number of nitrogens with zero attached hydrogens (tertiary/aromatic N) is 1. The molecular weight excluding hydrogens is 237 g/mol. The highest BCUT2D eigenvalue weighted by Crippen LogP contribution is 2.20. The van der Waals surface area contributed by atoms with Crippen molar-refractivity contribution in [2.45, 2.75) is 6.54 Å². The molecule has 0 bridgehead atoms. The first kappa shape index (κ1) is 12.2. The van der Waals surface area contributed by atoms with Gasteiger partial charge in [-0.25, -0.2) is 9.18 Å². The topological polar surface area (TPSA) is 53.7 Å². The Morgan fingerprint density at radius 3 is 2.67 bits per heavy atom. The van der Waals surface area contributed by atoms with Crippen LogP contribution in [0.1, 0.15) is 16.1 Å². The fraction of sp³-hybridized carbons (Fsp3) is 0.154. The summed E-state index contributed by atoms with van der Waals surface area (Å²) in [6.45, 7) is 0.305. The van der Waals surface area contributed by atoms with Crippen LogP contribution in [0, 0.1) is 5.82 Å². The minimum atomic E-state index is -1.12. The number of carboxylic acids is 1. The van der Waals surface area contributed by atoms with Gasteiger partial charge in [-0.15, -0.1) is 0 Å². The van der Waals surface area contributed by atoms with E-state index in [0.29, 0.717) is 18.0 Å². The highest BCUT2D eigenvalue weighted by atomic mass is 19.1. The van der Waals surface area contributed by atoms with E-state index in [1.807, 2.05) is 0 Å². The second-order valence-electron chi connectivity index (χ2n) is 3.89. The van der Waals surface area contributed by atoms with Gasteiger partial charge in [-0.05, 0) is 12.1 Å². The average Bonchev–Trinajstić information content (AvgIpc) is 2.81. The molecule has 5 heteroatoms. The number of anilines is 1. The summed E-state index contributed by atoms with van der Waals surface area (Å²) in [5.41, 5.74) is 0.522. The van der Waals surface area contributed by atoms with Crippen molar-refractivity contribution in [1.82, 2.24) is 0 Å². The Balaban J connectivity index is 2.14. The van der Waals surface area contributed by atoms with Crippen molar-refractivity contribution in [3.63, 3.8) is 0 Å². The molecule has 0 unspecified atom stereocenters. The first-order valence-electron chi connectivity index (χ1n) is 5.35. The quantitative estimate of drug-likeness (QED) is 0.905. The third kappa shape index (κ3) is 2.51. The van der Waals surface area contributed by atoms with Gasteiger partial charge in [0.15, 0.2) is 5.88 Å². The lowest BCUT2D eigenvalue weighted by Gasteiger charge is -2.16. The molecule has 0 radical (unpaired) electrons. The van der Waals surface area contributed by atoms with E-state index in [9.17, 15) is 9.18 Å². The van der Waals surface area contributed by atoms with E-state index in [1.165, 1.54) is 12.1 Å². The Morgan fingerprint density at radius 2 is 2.06 bits per heavy atom. The van der Waals surface area contributed by atoms with Crippen LogP contribution in [0.5, 0.6) is 0 Å². The first-order chi connectivity index (χ1) is 8.58. The van der Waals surface area contributed by atoms with E-state index < -0.39 is 5.97 Å². The molecule has 0 atom stereocenters. The summed E-state index contributed by atoms with van der Waals surface area (Å²) in [6.07, 6.45) is 0. The molecule has 94 valence electrons. The van der Waals surface area contributed by atoms with Gasteiger partial charge in [0.1, 0.15) is 5.82 Å². The molecule has 0 amide bonds. The molecule has 0 aliphatic carbocycles. The summed E-state index contributed by atoms with van der Waals surface area (Å²) in [4.78, 5) is 12.3. The van der Waals surface area contributed by atoms with Crippen molar-refractivity contribution in [1.29, 1.82) is 0 Å². The lowest BCUT2D eigenvalue weighted by atomic mass is 10.2. The molecule has 18 heavy (non-hydrogen) atoms. The Bertz CT molecular complexity index is 565. The van der Waals surface area contributed by atoms with Crippen molar-refractivity contribution in [2.24, 2.45) is 0 Å². The van der Waals surface area contributed by atoms with E-state index in [4.69, 9.17) is 9.52 Å². The maximum atomic E-state index is 13.4. The van der Waals surface area contributed by atoms with Gasteiger partial charge >= 0.3 is 5.97 Å². The molecule has 0 aliphatic rings. The average molecular weight is 249 g/mol. The highest BCUT2D eigenvalue weighted by Gasteiger charge is 2.13. The molecule has 0 aliphatic heterocycles. The van der Waals surface area contributed by atoms with E-state index >= 15 is 0 Å². The highest BCUT2D eigenvalue weighted by molar-refractivity contribution is 5.84. The molecule has 2 aromatic rings. The molecule has 0 fully saturated rings. The lowest BCUT2D eigenvalue weighted by molar-refractivity contribution is 0.0663. The van der Waals surface area contributed by atoms with Crippen LogP contribution in [-0.2, 0) is 6.54 Å². The summed E-state index contributed by atoms with van der Waals surface area (Å²) in [5, 5.41) is 8.74. The SMILES string of the molecule is CN(Cc1ccccc1F)c1ccc(C(=O)O)o1. The van der Waals surface area contributed by atoms with Crippen molar-refractivity contribution in [3.8, 4) is 0 Å². The number of hydrogen-bond acceptors (Lipinski definition) is 3. The van der Waals surface area contributed by atoms with Gasteiger partial charge in [0.25, 0.3) is 0 Å². The number of rotatable bonds is 4. The number of carbonyl (C=O) groups is 1. The summed E-state index contributed by atoms with van der Waals surface area (Å²) in [6, 6.07) is 9.34. The number of aromatic carboxylic acids is 1. The maximum Gasteiger partial charge on any atom is 0.371 e. The number of halogens is 1. The molecular formula is C13H12FNO3. The number of carboxylic acid groups (broad SMARTS) is 1. The predicted molar refractivity (Wildman–Crippen MR) is 64.2 cm³/mol. The minimum absolute atomic E-state index is 0.134. The Labute approximate surface area is 103 Å². The molecule has 1 heterocycles. The van der Waals surface area contributed by atoms with Gasteiger partial charge in [0, 0.05) is 25.2 Å². The molecule has 4 nitrogen and oxygen atoms in total. The second kappa shape index (κ2) is 4.91. The monoisotopic (exact) mass is 249 g/mol. The zero-order valence-electron chi connectivity index (χ0n) is 9.76. The summed E-state index contributed by atoms with van der Waals surface area (Å²) in [7, 11) is 1.71. The van der Waals surface area contributed by atoms with E-state index in [1.54, 1.807) is 36.2 Å². The fourth-order valence-corrected chi connectivity index (χ4v) is 1.61. The molecule has 0 spiro atoms. The fourth-order valence-electron chi connectivity index (χ4n) is 1.61. The molecule has 1 aromatic carbocycles. The predicted octanol–water partition coefficient (Wildman–Crippen LogP) is 2.75. The summed E-state index contributed by atoms with van der Waals surface area (Å²) in [5.74, 6) is -1.17. The number of furan rings is 1. The van der Waals surface area contributed by atoms with Gasteiger partial charge in [-0.1, -0.05) is 18.2 Å². The van der Waals surface area contributed by atoms with Gasteiger partial charge in [0.2, 0.25) is 5.76 Å². The zero-order chi connectivity index (χ0) is 13.1. The first-order valence-corrected chi connectivity index (χ1v) is 5.35. The molecule has 2 rings (SSSR count). The van der Waals surface area contributed by atoms with E-state index in [0.717, 1.165) is 0 Å². The third-order valence-corrected chi connectivity index (χ3v) is 2.54. The molecule has 1 N–H and O–H groups in total. The molecule has 0 saturated heterocycles. The Morgan fingerprint density at radius 1 is 1.33 bits per heavy atom.